The van der Waals surface area contributed by atoms with Crippen molar-refractivity contribution in [2.24, 2.45) is 0 Å². The van der Waals surface area contributed by atoms with Gasteiger partial charge in [-0.05, 0) is 6.42 Å². The maximum Gasteiger partial charge on any atom is 0.0556 e. The van der Waals surface area contributed by atoms with Gasteiger partial charge in [0, 0.05) is 10.2 Å². The number of halogens is 2. The first-order valence-electron chi connectivity index (χ1n) is 2.12. The quantitative estimate of drug-likeness (QED) is 0.731. The van der Waals surface area contributed by atoms with Crippen LogP contribution >= 0.6 is 31.9 Å². The summed E-state index contributed by atoms with van der Waals surface area (Å²) in [4.78, 5) is 0.270. The van der Waals surface area contributed by atoms with Gasteiger partial charge in [0.15, 0.2) is 0 Å². The van der Waals surface area contributed by atoms with Gasteiger partial charge < -0.3 is 5.11 Å². The molecule has 44 valence electrons. The summed E-state index contributed by atoms with van der Waals surface area (Å²) in [6.45, 7) is 0.228. The number of aliphatic hydroxyl groups excluding tert-OH is 1. The fraction of sp³-hybridized carbons (Fsp3) is 1.00. The van der Waals surface area contributed by atoms with Crippen LogP contribution in [0.1, 0.15) is 6.42 Å². The van der Waals surface area contributed by atoms with Crippen LogP contribution in [0.15, 0.2) is 0 Å². The van der Waals surface area contributed by atoms with E-state index in [-0.39, 0.29) is 11.4 Å². The Hall–Kier alpha value is 0.920. The van der Waals surface area contributed by atoms with Crippen LogP contribution in [-0.4, -0.2) is 21.9 Å². The number of aliphatic hydroxyl groups is 1. The Bertz CT molecular complexity index is 40.7. The predicted molar refractivity (Wildman–Crippen MR) is 38.2 cm³/mol. The lowest BCUT2D eigenvalue weighted by Gasteiger charge is -1.98. The normalized spacial score (nSPS) is 14.1. The van der Waals surface area contributed by atoms with Crippen LogP contribution in [0.2, 0.25) is 0 Å². The van der Waals surface area contributed by atoms with E-state index in [1.807, 2.05) is 0 Å². The summed E-state index contributed by atoms with van der Waals surface area (Å²) in [5.74, 6) is 0. The summed E-state index contributed by atoms with van der Waals surface area (Å²) in [5.41, 5.74) is 0. The summed E-state index contributed by atoms with van der Waals surface area (Å²) in [6, 6.07) is 0. The van der Waals surface area contributed by atoms with Crippen LogP contribution in [0.5, 0.6) is 0 Å². The molecule has 0 aromatic carbocycles. The smallest absolute Gasteiger partial charge is 0.0556 e. The standard InChI is InChI=1S/C4H8Br2O/c5-2-1-4(6)3-7/h4,7H,1-3H2. The minimum Gasteiger partial charge on any atom is -0.395 e. The van der Waals surface area contributed by atoms with E-state index >= 15 is 0 Å². The van der Waals surface area contributed by atoms with Crippen molar-refractivity contribution >= 4 is 31.9 Å². The molecule has 0 aliphatic carbocycles. The Kier molecular flexibility index (Phi) is 5.73. The number of hydrogen-bond donors (Lipinski definition) is 1. The zero-order chi connectivity index (χ0) is 5.70. The minimum absolute atomic E-state index is 0.228. The molecule has 0 saturated carbocycles. The molecule has 1 nitrogen and oxygen atoms in total. The summed E-state index contributed by atoms with van der Waals surface area (Å²) in [7, 11) is 0. The lowest BCUT2D eigenvalue weighted by atomic mass is 10.4. The first kappa shape index (κ1) is 7.92. The minimum atomic E-state index is 0.228. The molecular formula is C4H8Br2O. The molecule has 0 bridgehead atoms. The molecule has 0 saturated heterocycles. The van der Waals surface area contributed by atoms with Gasteiger partial charge in [-0.3, -0.25) is 0 Å². The van der Waals surface area contributed by atoms with Crippen molar-refractivity contribution in [2.75, 3.05) is 11.9 Å². The zero-order valence-corrected chi connectivity index (χ0v) is 7.07. The van der Waals surface area contributed by atoms with E-state index in [0.29, 0.717) is 0 Å². The van der Waals surface area contributed by atoms with Crippen molar-refractivity contribution in [3.8, 4) is 0 Å². The highest BCUT2D eigenvalue weighted by Gasteiger charge is 1.97. The number of hydrogen-bond acceptors (Lipinski definition) is 1. The van der Waals surface area contributed by atoms with E-state index in [9.17, 15) is 0 Å². The van der Waals surface area contributed by atoms with Crippen LogP contribution in [0, 0.1) is 0 Å². The van der Waals surface area contributed by atoms with Gasteiger partial charge in [-0.1, -0.05) is 31.9 Å². The highest BCUT2D eigenvalue weighted by molar-refractivity contribution is 9.10. The van der Waals surface area contributed by atoms with Gasteiger partial charge in [-0.25, -0.2) is 0 Å². The summed E-state index contributed by atoms with van der Waals surface area (Å²) in [5, 5.41) is 9.35. The van der Waals surface area contributed by atoms with Crippen LogP contribution in [0.3, 0.4) is 0 Å². The molecule has 1 N–H and O–H groups in total. The van der Waals surface area contributed by atoms with Crippen molar-refractivity contribution in [1.29, 1.82) is 0 Å². The maximum absolute atomic E-state index is 8.40. The van der Waals surface area contributed by atoms with E-state index in [1.54, 1.807) is 0 Å². The van der Waals surface area contributed by atoms with Crippen molar-refractivity contribution in [1.82, 2.24) is 0 Å². The molecule has 7 heavy (non-hydrogen) atoms. The Morgan fingerprint density at radius 1 is 1.57 bits per heavy atom. The average Bonchev–Trinajstić information content (AvgIpc) is 1.68. The fourth-order valence-electron chi connectivity index (χ4n) is 0.210. The second-order valence-corrected chi connectivity index (χ2v) is 3.35. The van der Waals surface area contributed by atoms with Crippen LogP contribution in [0.25, 0.3) is 0 Å². The van der Waals surface area contributed by atoms with Crippen LogP contribution < -0.4 is 0 Å². The lowest BCUT2D eigenvalue weighted by molar-refractivity contribution is 0.295. The van der Waals surface area contributed by atoms with Crippen molar-refractivity contribution in [2.45, 2.75) is 11.2 Å². The number of rotatable bonds is 3. The van der Waals surface area contributed by atoms with E-state index in [0.717, 1.165) is 11.8 Å². The molecule has 3 heteroatoms. The van der Waals surface area contributed by atoms with Gasteiger partial charge in [0.05, 0.1) is 6.61 Å². The maximum atomic E-state index is 8.40. The van der Waals surface area contributed by atoms with Crippen LogP contribution in [0.4, 0.5) is 0 Å². The van der Waals surface area contributed by atoms with Gasteiger partial charge in [-0.2, -0.15) is 0 Å². The van der Waals surface area contributed by atoms with E-state index in [2.05, 4.69) is 31.9 Å². The van der Waals surface area contributed by atoms with Gasteiger partial charge in [0.1, 0.15) is 0 Å². The highest BCUT2D eigenvalue weighted by Crippen LogP contribution is 2.04. The molecule has 0 heterocycles. The Balaban J connectivity index is 2.83. The third-order valence-electron chi connectivity index (χ3n) is 0.620. The molecule has 0 fully saturated rings. The highest BCUT2D eigenvalue weighted by atomic mass is 79.9. The molecule has 1 atom stereocenters. The van der Waals surface area contributed by atoms with E-state index < -0.39 is 0 Å². The molecule has 0 aromatic heterocycles. The second-order valence-electron chi connectivity index (χ2n) is 1.26. The average molecular weight is 232 g/mol. The van der Waals surface area contributed by atoms with E-state index in [1.165, 1.54) is 0 Å². The molecule has 0 aromatic rings. The fourth-order valence-corrected chi connectivity index (χ4v) is 1.61. The van der Waals surface area contributed by atoms with Crippen molar-refractivity contribution < 1.29 is 5.11 Å². The SMILES string of the molecule is OCC(Br)CCBr. The third kappa shape index (κ3) is 4.78. The Morgan fingerprint density at radius 2 is 2.14 bits per heavy atom. The van der Waals surface area contributed by atoms with Gasteiger partial charge in [0.25, 0.3) is 0 Å². The molecule has 0 aliphatic rings. The molecule has 0 radical (unpaired) electrons. The zero-order valence-electron chi connectivity index (χ0n) is 3.90. The number of alkyl halides is 2. The molecule has 0 rings (SSSR count). The molecule has 0 amide bonds. The largest absolute Gasteiger partial charge is 0.395 e. The summed E-state index contributed by atoms with van der Waals surface area (Å²) < 4.78 is 0. The Labute approximate surface area is 60.4 Å². The van der Waals surface area contributed by atoms with Gasteiger partial charge >= 0.3 is 0 Å². The lowest BCUT2D eigenvalue weighted by Crippen LogP contribution is -2.02. The van der Waals surface area contributed by atoms with E-state index in [4.69, 9.17) is 5.11 Å². The molecular weight excluding hydrogens is 224 g/mol. The molecule has 1 unspecified atom stereocenters. The first-order chi connectivity index (χ1) is 3.31. The van der Waals surface area contributed by atoms with Crippen LogP contribution in [-0.2, 0) is 0 Å². The topological polar surface area (TPSA) is 20.2 Å². The van der Waals surface area contributed by atoms with Gasteiger partial charge in [0.2, 0.25) is 0 Å². The predicted octanol–water partition coefficient (Wildman–Crippen LogP) is 1.53. The first-order valence-corrected chi connectivity index (χ1v) is 4.16. The summed E-state index contributed by atoms with van der Waals surface area (Å²) in [6.07, 6.45) is 0.983. The third-order valence-corrected chi connectivity index (χ3v) is 1.83. The van der Waals surface area contributed by atoms with Gasteiger partial charge in [-0.15, -0.1) is 0 Å². The molecule has 0 spiro atoms. The molecule has 0 aliphatic heterocycles. The van der Waals surface area contributed by atoms with Crippen molar-refractivity contribution in [3.63, 3.8) is 0 Å². The van der Waals surface area contributed by atoms with Crippen molar-refractivity contribution in [3.05, 3.63) is 0 Å². The summed E-state index contributed by atoms with van der Waals surface area (Å²) >= 11 is 6.51. The Morgan fingerprint density at radius 3 is 2.29 bits per heavy atom. The second kappa shape index (κ2) is 5.06. The monoisotopic (exact) mass is 230 g/mol.